The molecule has 0 aliphatic carbocycles. The average Bonchev–Trinajstić information content (AvgIpc) is 3.38. The molecule has 5 heteroatoms. The standard InChI is InChI=1S/C21H19N3O2/c1-24(10-8-15-12-22-23-13-15)21(25)20-7-3-5-18-17(4-2-6-19(18)20)16-9-11-26-14-16/h2-7,9,11-14H,8,10H2,1H3,(H,22,23). The lowest BCUT2D eigenvalue weighted by atomic mass is 9.96. The fraction of sp³-hybridized carbons (Fsp3) is 0.143. The lowest BCUT2D eigenvalue weighted by Gasteiger charge is -2.18. The Hall–Kier alpha value is -3.34. The molecule has 0 unspecified atom stereocenters. The first kappa shape index (κ1) is 16.1. The number of rotatable bonds is 5. The zero-order valence-corrected chi connectivity index (χ0v) is 14.5. The first-order chi connectivity index (χ1) is 12.7. The molecule has 0 saturated heterocycles. The Labute approximate surface area is 151 Å². The van der Waals surface area contributed by atoms with Gasteiger partial charge in [-0.3, -0.25) is 9.89 Å². The number of fused-ring (bicyclic) bond motifs is 1. The van der Waals surface area contributed by atoms with Gasteiger partial charge in [0.15, 0.2) is 0 Å². The van der Waals surface area contributed by atoms with E-state index in [2.05, 4.69) is 10.2 Å². The maximum atomic E-state index is 13.0. The summed E-state index contributed by atoms with van der Waals surface area (Å²) in [5.74, 6) is 0.0171. The molecule has 4 rings (SSSR count). The van der Waals surface area contributed by atoms with Crippen LogP contribution in [0.15, 0.2) is 71.8 Å². The molecule has 0 aliphatic heterocycles. The molecule has 5 nitrogen and oxygen atoms in total. The number of aromatic amines is 1. The van der Waals surface area contributed by atoms with Gasteiger partial charge in [0.1, 0.15) is 0 Å². The number of nitrogens with zero attached hydrogens (tertiary/aromatic N) is 2. The summed E-state index contributed by atoms with van der Waals surface area (Å²) in [7, 11) is 1.83. The summed E-state index contributed by atoms with van der Waals surface area (Å²) in [6.07, 6.45) is 7.79. The van der Waals surface area contributed by atoms with Gasteiger partial charge in [-0.15, -0.1) is 0 Å². The van der Waals surface area contributed by atoms with E-state index < -0.39 is 0 Å². The Morgan fingerprint density at radius 1 is 1.15 bits per heavy atom. The van der Waals surface area contributed by atoms with Gasteiger partial charge in [0, 0.05) is 30.9 Å². The lowest BCUT2D eigenvalue weighted by molar-refractivity contribution is 0.0798. The number of furan rings is 1. The van der Waals surface area contributed by atoms with Gasteiger partial charge in [-0.1, -0.05) is 30.3 Å². The maximum Gasteiger partial charge on any atom is 0.254 e. The van der Waals surface area contributed by atoms with Crippen LogP contribution in [0.4, 0.5) is 0 Å². The van der Waals surface area contributed by atoms with E-state index >= 15 is 0 Å². The van der Waals surface area contributed by atoms with Crippen LogP contribution in [0.5, 0.6) is 0 Å². The zero-order valence-electron chi connectivity index (χ0n) is 14.5. The number of hydrogen-bond donors (Lipinski definition) is 1. The summed E-state index contributed by atoms with van der Waals surface area (Å²) in [5, 5.41) is 8.73. The second kappa shape index (κ2) is 6.88. The molecule has 2 aromatic heterocycles. The van der Waals surface area contributed by atoms with Gasteiger partial charge in [0.2, 0.25) is 0 Å². The molecule has 0 aliphatic rings. The van der Waals surface area contributed by atoms with E-state index in [4.69, 9.17) is 4.42 Å². The molecule has 1 amide bonds. The number of amides is 1. The van der Waals surface area contributed by atoms with Crippen molar-refractivity contribution in [2.45, 2.75) is 6.42 Å². The highest BCUT2D eigenvalue weighted by Gasteiger charge is 2.16. The van der Waals surface area contributed by atoms with E-state index in [9.17, 15) is 4.79 Å². The predicted octanol–water partition coefficient (Wildman–Crippen LogP) is 4.14. The minimum absolute atomic E-state index is 0.0171. The Kier molecular flexibility index (Phi) is 4.27. The number of carbonyl (C=O) groups is 1. The van der Waals surface area contributed by atoms with Crippen molar-refractivity contribution in [3.05, 3.63) is 78.5 Å². The molecule has 0 saturated carbocycles. The van der Waals surface area contributed by atoms with Crippen LogP contribution in [0.25, 0.3) is 21.9 Å². The molecule has 4 aromatic rings. The lowest BCUT2D eigenvalue weighted by Crippen LogP contribution is -2.29. The van der Waals surface area contributed by atoms with Crippen LogP contribution < -0.4 is 0 Å². The highest BCUT2D eigenvalue weighted by molar-refractivity contribution is 6.10. The number of carbonyl (C=O) groups excluding carboxylic acids is 1. The molecular formula is C21H19N3O2. The number of nitrogens with one attached hydrogen (secondary N) is 1. The zero-order chi connectivity index (χ0) is 17.9. The molecule has 0 bridgehead atoms. The summed E-state index contributed by atoms with van der Waals surface area (Å²) in [5.41, 5.74) is 3.87. The van der Waals surface area contributed by atoms with Crippen molar-refractivity contribution in [1.29, 1.82) is 0 Å². The molecule has 1 N–H and O–H groups in total. The molecule has 26 heavy (non-hydrogen) atoms. The number of benzene rings is 2. The topological polar surface area (TPSA) is 62.1 Å². The Morgan fingerprint density at radius 2 is 2.00 bits per heavy atom. The van der Waals surface area contributed by atoms with Crippen LogP contribution in [-0.2, 0) is 6.42 Å². The summed E-state index contributed by atoms with van der Waals surface area (Å²) in [6.45, 7) is 0.635. The van der Waals surface area contributed by atoms with E-state index in [1.54, 1.807) is 23.6 Å². The van der Waals surface area contributed by atoms with Crippen LogP contribution in [0, 0.1) is 0 Å². The van der Waals surface area contributed by atoms with Gasteiger partial charge in [-0.05, 0) is 40.5 Å². The first-order valence-corrected chi connectivity index (χ1v) is 8.51. The normalized spacial score (nSPS) is 11.0. The number of likely N-dealkylation sites (N-methyl/N-ethyl adjacent to an activating group) is 1. The van der Waals surface area contributed by atoms with Crippen molar-refractivity contribution < 1.29 is 9.21 Å². The largest absolute Gasteiger partial charge is 0.472 e. The minimum atomic E-state index is 0.0171. The van der Waals surface area contributed by atoms with Gasteiger partial charge in [0.25, 0.3) is 5.91 Å². The SMILES string of the molecule is CN(CCc1cn[nH]c1)C(=O)c1cccc2c(-c3ccoc3)cccc12. The second-order valence-electron chi connectivity index (χ2n) is 6.30. The average molecular weight is 345 g/mol. The van der Waals surface area contributed by atoms with Crippen LogP contribution in [0.1, 0.15) is 15.9 Å². The van der Waals surface area contributed by atoms with Gasteiger partial charge in [-0.2, -0.15) is 5.10 Å². The number of hydrogen-bond acceptors (Lipinski definition) is 3. The summed E-state index contributed by atoms with van der Waals surface area (Å²) >= 11 is 0. The van der Waals surface area contributed by atoms with Crippen molar-refractivity contribution in [3.8, 4) is 11.1 Å². The van der Waals surface area contributed by atoms with Crippen molar-refractivity contribution in [3.63, 3.8) is 0 Å². The molecule has 2 heterocycles. The summed E-state index contributed by atoms with van der Waals surface area (Å²) in [6, 6.07) is 13.8. The quantitative estimate of drug-likeness (QED) is 0.591. The second-order valence-corrected chi connectivity index (χ2v) is 6.30. The Bertz CT molecular complexity index is 1020. The van der Waals surface area contributed by atoms with Gasteiger partial charge in [0.05, 0.1) is 18.7 Å². The van der Waals surface area contributed by atoms with Crippen molar-refractivity contribution in [1.82, 2.24) is 15.1 Å². The molecule has 2 aromatic carbocycles. The van der Waals surface area contributed by atoms with E-state index in [0.29, 0.717) is 12.1 Å². The van der Waals surface area contributed by atoms with E-state index in [1.165, 1.54) is 0 Å². The minimum Gasteiger partial charge on any atom is -0.472 e. The van der Waals surface area contributed by atoms with E-state index in [0.717, 1.165) is 33.9 Å². The van der Waals surface area contributed by atoms with Crippen molar-refractivity contribution in [2.24, 2.45) is 0 Å². The molecular weight excluding hydrogens is 326 g/mol. The molecule has 0 spiro atoms. The monoisotopic (exact) mass is 345 g/mol. The third-order valence-corrected chi connectivity index (χ3v) is 4.62. The van der Waals surface area contributed by atoms with Crippen LogP contribution >= 0.6 is 0 Å². The van der Waals surface area contributed by atoms with Crippen LogP contribution in [0.3, 0.4) is 0 Å². The first-order valence-electron chi connectivity index (χ1n) is 8.51. The Morgan fingerprint density at radius 3 is 2.77 bits per heavy atom. The molecule has 0 atom stereocenters. The maximum absolute atomic E-state index is 13.0. The molecule has 0 fully saturated rings. The smallest absolute Gasteiger partial charge is 0.254 e. The highest BCUT2D eigenvalue weighted by Crippen LogP contribution is 2.31. The summed E-state index contributed by atoms with van der Waals surface area (Å²) in [4.78, 5) is 14.8. The van der Waals surface area contributed by atoms with Crippen molar-refractivity contribution in [2.75, 3.05) is 13.6 Å². The van der Waals surface area contributed by atoms with Gasteiger partial charge in [-0.25, -0.2) is 0 Å². The molecule has 0 radical (unpaired) electrons. The summed E-state index contributed by atoms with van der Waals surface area (Å²) < 4.78 is 5.22. The van der Waals surface area contributed by atoms with Crippen LogP contribution in [-0.4, -0.2) is 34.6 Å². The fourth-order valence-electron chi connectivity index (χ4n) is 3.18. The number of aromatic nitrogens is 2. The van der Waals surface area contributed by atoms with Crippen LogP contribution in [0.2, 0.25) is 0 Å². The Balaban J connectivity index is 1.66. The van der Waals surface area contributed by atoms with Gasteiger partial charge >= 0.3 is 0 Å². The van der Waals surface area contributed by atoms with Crippen molar-refractivity contribution >= 4 is 16.7 Å². The number of H-pyrrole nitrogens is 1. The van der Waals surface area contributed by atoms with Gasteiger partial charge < -0.3 is 9.32 Å². The fourth-order valence-corrected chi connectivity index (χ4v) is 3.18. The molecule has 130 valence electrons. The third-order valence-electron chi connectivity index (χ3n) is 4.62. The predicted molar refractivity (Wildman–Crippen MR) is 101 cm³/mol. The van der Waals surface area contributed by atoms with E-state index in [1.807, 2.05) is 55.7 Å². The third kappa shape index (κ3) is 2.99. The highest BCUT2D eigenvalue weighted by atomic mass is 16.3. The van der Waals surface area contributed by atoms with E-state index in [-0.39, 0.29) is 5.91 Å².